The Bertz CT molecular complexity index is 336. The summed E-state index contributed by atoms with van der Waals surface area (Å²) in [4.78, 5) is 5.37. The summed E-state index contributed by atoms with van der Waals surface area (Å²) >= 11 is 0. The summed E-state index contributed by atoms with van der Waals surface area (Å²) in [7, 11) is 0. The van der Waals surface area contributed by atoms with E-state index in [2.05, 4.69) is 35.9 Å². The first-order valence-corrected chi connectivity index (χ1v) is 9.00. The van der Waals surface area contributed by atoms with Crippen molar-refractivity contribution in [2.75, 3.05) is 39.3 Å². The SMILES string of the molecule is CCC1CN(CC2CN3CCCC3CO2)C(C(C)C)CN1. The van der Waals surface area contributed by atoms with Crippen molar-refractivity contribution in [3.8, 4) is 0 Å². The van der Waals surface area contributed by atoms with E-state index in [0.717, 1.165) is 26.2 Å². The highest BCUT2D eigenvalue weighted by molar-refractivity contribution is 4.91. The number of piperazine rings is 1. The summed E-state index contributed by atoms with van der Waals surface area (Å²) in [6.45, 7) is 13.8. The topological polar surface area (TPSA) is 27.7 Å². The van der Waals surface area contributed by atoms with Crippen LogP contribution in [0.5, 0.6) is 0 Å². The molecule has 1 N–H and O–H groups in total. The van der Waals surface area contributed by atoms with Gasteiger partial charge in [0.2, 0.25) is 0 Å². The van der Waals surface area contributed by atoms with Crippen molar-refractivity contribution in [2.24, 2.45) is 5.92 Å². The summed E-state index contributed by atoms with van der Waals surface area (Å²) in [6.07, 6.45) is 4.34. The number of fused-ring (bicyclic) bond motifs is 1. The summed E-state index contributed by atoms with van der Waals surface area (Å²) in [5.74, 6) is 0.707. The van der Waals surface area contributed by atoms with Crippen LogP contribution in [0.1, 0.15) is 40.0 Å². The third-order valence-electron chi connectivity index (χ3n) is 5.70. The quantitative estimate of drug-likeness (QED) is 0.852. The molecule has 0 aromatic rings. The largest absolute Gasteiger partial charge is 0.374 e. The van der Waals surface area contributed by atoms with Gasteiger partial charge in [0.05, 0.1) is 12.7 Å². The van der Waals surface area contributed by atoms with Crippen LogP contribution in [-0.4, -0.2) is 73.4 Å². The molecule has 3 heterocycles. The van der Waals surface area contributed by atoms with Crippen molar-refractivity contribution >= 4 is 0 Å². The second-order valence-electron chi connectivity index (χ2n) is 7.53. The Hall–Kier alpha value is -0.160. The van der Waals surface area contributed by atoms with Gasteiger partial charge in [0.25, 0.3) is 0 Å². The van der Waals surface area contributed by atoms with Gasteiger partial charge in [0, 0.05) is 44.3 Å². The molecular formula is C17H33N3O. The molecule has 0 amide bonds. The standard InChI is InChI=1S/C17H33N3O/c1-4-14-9-20(17(8-18-14)13(2)3)11-16-10-19-7-5-6-15(19)12-21-16/h13-18H,4-12H2,1-3H3. The van der Waals surface area contributed by atoms with Crippen molar-refractivity contribution < 1.29 is 4.74 Å². The van der Waals surface area contributed by atoms with Gasteiger partial charge in [-0.05, 0) is 31.7 Å². The summed E-state index contributed by atoms with van der Waals surface area (Å²) in [5.41, 5.74) is 0. The predicted molar refractivity (Wildman–Crippen MR) is 86.6 cm³/mol. The maximum atomic E-state index is 6.19. The number of ether oxygens (including phenoxy) is 1. The molecule has 0 spiro atoms. The van der Waals surface area contributed by atoms with Crippen molar-refractivity contribution in [2.45, 2.75) is 64.3 Å². The molecule has 3 rings (SSSR count). The number of nitrogens with zero attached hydrogens (tertiary/aromatic N) is 2. The van der Waals surface area contributed by atoms with Crippen LogP contribution >= 0.6 is 0 Å². The third kappa shape index (κ3) is 3.61. The molecule has 0 saturated carbocycles. The Morgan fingerprint density at radius 2 is 2.14 bits per heavy atom. The summed E-state index contributed by atoms with van der Waals surface area (Å²) in [5, 5.41) is 3.71. The molecule has 4 nitrogen and oxygen atoms in total. The fraction of sp³-hybridized carbons (Fsp3) is 1.00. The number of nitrogens with one attached hydrogen (secondary N) is 1. The van der Waals surface area contributed by atoms with E-state index in [4.69, 9.17) is 4.74 Å². The number of hydrogen-bond donors (Lipinski definition) is 1. The van der Waals surface area contributed by atoms with E-state index < -0.39 is 0 Å². The minimum Gasteiger partial charge on any atom is -0.374 e. The predicted octanol–water partition coefficient (Wildman–Crippen LogP) is 1.56. The fourth-order valence-electron chi connectivity index (χ4n) is 4.30. The highest BCUT2D eigenvalue weighted by Gasteiger charge is 2.36. The number of hydrogen-bond acceptors (Lipinski definition) is 4. The minimum absolute atomic E-state index is 0.413. The van der Waals surface area contributed by atoms with E-state index in [-0.39, 0.29) is 0 Å². The molecule has 122 valence electrons. The molecule has 3 saturated heterocycles. The average molecular weight is 295 g/mol. The smallest absolute Gasteiger partial charge is 0.0829 e. The molecule has 4 heteroatoms. The van der Waals surface area contributed by atoms with E-state index in [1.807, 2.05) is 0 Å². The van der Waals surface area contributed by atoms with Crippen LogP contribution in [-0.2, 0) is 4.74 Å². The highest BCUT2D eigenvalue weighted by Crippen LogP contribution is 2.24. The van der Waals surface area contributed by atoms with Crippen LogP contribution < -0.4 is 5.32 Å². The van der Waals surface area contributed by atoms with Gasteiger partial charge in [-0.1, -0.05) is 20.8 Å². The van der Waals surface area contributed by atoms with Crippen LogP contribution in [0.15, 0.2) is 0 Å². The summed E-state index contributed by atoms with van der Waals surface area (Å²) in [6, 6.07) is 2.03. The van der Waals surface area contributed by atoms with Crippen LogP contribution in [0.4, 0.5) is 0 Å². The van der Waals surface area contributed by atoms with E-state index in [1.165, 1.54) is 32.4 Å². The van der Waals surface area contributed by atoms with Gasteiger partial charge in [-0.25, -0.2) is 0 Å². The normalized spacial score (nSPS) is 38.9. The lowest BCUT2D eigenvalue weighted by Gasteiger charge is -2.45. The molecule has 0 aliphatic carbocycles. The first-order chi connectivity index (χ1) is 10.2. The van der Waals surface area contributed by atoms with Gasteiger partial charge in [-0.15, -0.1) is 0 Å². The number of morpholine rings is 1. The van der Waals surface area contributed by atoms with Crippen LogP contribution in [0.2, 0.25) is 0 Å². The van der Waals surface area contributed by atoms with Crippen LogP contribution in [0.25, 0.3) is 0 Å². The first kappa shape index (κ1) is 15.7. The zero-order chi connectivity index (χ0) is 14.8. The Morgan fingerprint density at radius 3 is 2.90 bits per heavy atom. The van der Waals surface area contributed by atoms with E-state index in [1.54, 1.807) is 0 Å². The van der Waals surface area contributed by atoms with Gasteiger partial charge in [-0.2, -0.15) is 0 Å². The zero-order valence-corrected chi connectivity index (χ0v) is 14.1. The molecule has 3 aliphatic rings. The van der Waals surface area contributed by atoms with Gasteiger partial charge in [0.1, 0.15) is 0 Å². The second-order valence-corrected chi connectivity index (χ2v) is 7.53. The van der Waals surface area contributed by atoms with Crippen LogP contribution in [0.3, 0.4) is 0 Å². The molecule has 21 heavy (non-hydrogen) atoms. The second kappa shape index (κ2) is 6.95. The Labute approximate surface area is 130 Å². The molecule has 4 unspecified atom stereocenters. The van der Waals surface area contributed by atoms with Gasteiger partial charge in [-0.3, -0.25) is 9.80 Å². The molecule has 0 aromatic heterocycles. The van der Waals surface area contributed by atoms with Crippen LogP contribution in [0, 0.1) is 5.92 Å². The van der Waals surface area contributed by atoms with Crippen molar-refractivity contribution in [3.05, 3.63) is 0 Å². The first-order valence-electron chi connectivity index (χ1n) is 9.00. The zero-order valence-electron chi connectivity index (χ0n) is 14.1. The summed E-state index contributed by atoms with van der Waals surface area (Å²) < 4.78 is 6.19. The Balaban J connectivity index is 1.58. The monoisotopic (exact) mass is 295 g/mol. The molecule has 3 aliphatic heterocycles. The highest BCUT2D eigenvalue weighted by atomic mass is 16.5. The van der Waals surface area contributed by atoms with E-state index in [9.17, 15) is 0 Å². The maximum absolute atomic E-state index is 6.19. The van der Waals surface area contributed by atoms with Crippen molar-refractivity contribution in [1.82, 2.24) is 15.1 Å². The fourth-order valence-corrected chi connectivity index (χ4v) is 4.30. The molecule has 0 radical (unpaired) electrons. The Morgan fingerprint density at radius 1 is 1.29 bits per heavy atom. The molecule has 3 fully saturated rings. The Kier molecular flexibility index (Phi) is 5.20. The lowest BCUT2D eigenvalue weighted by molar-refractivity contribution is -0.0719. The maximum Gasteiger partial charge on any atom is 0.0829 e. The number of rotatable bonds is 4. The minimum atomic E-state index is 0.413. The van der Waals surface area contributed by atoms with Gasteiger partial charge >= 0.3 is 0 Å². The molecular weight excluding hydrogens is 262 g/mol. The van der Waals surface area contributed by atoms with E-state index in [0.29, 0.717) is 30.1 Å². The molecule has 0 aromatic carbocycles. The van der Waals surface area contributed by atoms with Gasteiger partial charge in [0.15, 0.2) is 0 Å². The molecule has 0 bridgehead atoms. The average Bonchev–Trinajstić information content (AvgIpc) is 2.94. The van der Waals surface area contributed by atoms with Crippen molar-refractivity contribution in [3.63, 3.8) is 0 Å². The van der Waals surface area contributed by atoms with Crippen molar-refractivity contribution in [1.29, 1.82) is 0 Å². The lowest BCUT2D eigenvalue weighted by Crippen LogP contribution is -2.61. The van der Waals surface area contributed by atoms with E-state index >= 15 is 0 Å². The third-order valence-corrected chi connectivity index (χ3v) is 5.70. The lowest BCUT2D eigenvalue weighted by atomic mass is 9.97. The van der Waals surface area contributed by atoms with Gasteiger partial charge < -0.3 is 10.1 Å². The molecule has 4 atom stereocenters.